The van der Waals surface area contributed by atoms with Crippen molar-refractivity contribution in [3.05, 3.63) is 70.2 Å². The Labute approximate surface area is 201 Å². The largest absolute Gasteiger partial charge is 0.441 e. The second-order valence-corrected chi connectivity index (χ2v) is 8.87. The summed E-state index contributed by atoms with van der Waals surface area (Å²) in [4.78, 5) is 30.4. The Morgan fingerprint density at radius 2 is 2.06 bits per heavy atom. The van der Waals surface area contributed by atoms with Crippen LogP contribution >= 0.6 is 23.2 Å². The number of nitrogens with zero attached hydrogens (tertiary/aromatic N) is 2. The molecule has 0 radical (unpaired) electrons. The minimum absolute atomic E-state index is 0.146. The van der Waals surface area contributed by atoms with E-state index in [0.29, 0.717) is 45.9 Å². The minimum atomic E-state index is -0.287. The molecule has 1 aliphatic rings. The number of halogens is 2. The zero-order chi connectivity index (χ0) is 23.4. The maximum atomic E-state index is 12.5. The minimum Gasteiger partial charge on any atom is -0.441 e. The number of likely N-dealkylation sites (tertiary alicyclic amines) is 1. The Morgan fingerprint density at radius 3 is 2.85 bits per heavy atom. The number of rotatable bonds is 8. The summed E-state index contributed by atoms with van der Waals surface area (Å²) in [5.41, 5.74) is 7.91. The molecule has 2 heterocycles. The summed E-state index contributed by atoms with van der Waals surface area (Å²) in [6.45, 7) is 1.45. The summed E-state index contributed by atoms with van der Waals surface area (Å²) < 4.78 is 5.75. The highest BCUT2D eigenvalue weighted by molar-refractivity contribution is 6.36. The number of anilines is 1. The van der Waals surface area contributed by atoms with Crippen LogP contribution in [-0.2, 0) is 22.6 Å². The van der Waals surface area contributed by atoms with E-state index < -0.39 is 0 Å². The van der Waals surface area contributed by atoms with Crippen LogP contribution in [0.25, 0.3) is 11.3 Å². The van der Waals surface area contributed by atoms with Crippen LogP contribution < -0.4 is 11.1 Å². The van der Waals surface area contributed by atoms with Crippen LogP contribution in [0.15, 0.2) is 53.1 Å². The molecule has 9 heteroatoms. The van der Waals surface area contributed by atoms with Gasteiger partial charge < -0.3 is 15.5 Å². The number of carbonyl (C=O) groups excluding carboxylic acids is 2. The lowest BCUT2D eigenvalue weighted by Gasteiger charge is -2.22. The van der Waals surface area contributed by atoms with Crippen LogP contribution in [0, 0.1) is 0 Å². The Bertz CT molecular complexity index is 1160. The van der Waals surface area contributed by atoms with Crippen LogP contribution in [-0.4, -0.2) is 34.3 Å². The van der Waals surface area contributed by atoms with Gasteiger partial charge in [-0.1, -0.05) is 35.3 Å². The fourth-order valence-electron chi connectivity index (χ4n) is 4.00. The smallest absolute Gasteiger partial charge is 0.234 e. The summed E-state index contributed by atoms with van der Waals surface area (Å²) >= 11 is 12.2. The molecule has 1 aliphatic heterocycles. The first-order valence-electron chi connectivity index (χ1n) is 10.7. The average Bonchev–Trinajstić information content (AvgIpc) is 3.42. The fraction of sp³-hybridized carbons (Fsp3) is 0.292. The van der Waals surface area contributed by atoms with Gasteiger partial charge in [-0.15, -0.1) is 0 Å². The van der Waals surface area contributed by atoms with E-state index in [9.17, 15) is 9.59 Å². The molecule has 4 rings (SSSR count). The molecule has 2 amide bonds. The molecule has 33 heavy (non-hydrogen) atoms. The van der Waals surface area contributed by atoms with Gasteiger partial charge in [-0.2, -0.15) is 0 Å². The molecule has 3 aromatic rings. The highest BCUT2D eigenvalue weighted by Crippen LogP contribution is 2.31. The summed E-state index contributed by atoms with van der Waals surface area (Å²) in [6, 6.07) is 12.5. The molecule has 0 bridgehead atoms. The van der Waals surface area contributed by atoms with Crippen LogP contribution in [0.5, 0.6) is 0 Å². The molecule has 7 nitrogen and oxygen atoms in total. The summed E-state index contributed by atoms with van der Waals surface area (Å²) in [5, 5.41) is 3.92. The van der Waals surface area contributed by atoms with Crippen LogP contribution in [0.4, 0.5) is 5.69 Å². The molecule has 1 atom stereocenters. The van der Waals surface area contributed by atoms with E-state index >= 15 is 0 Å². The third kappa shape index (κ3) is 5.93. The van der Waals surface area contributed by atoms with Crippen molar-refractivity contribution in [3.63, 3.8) is 0 Å². The Hall–Kier alpha value is -2.87. The molecular formula is C24H24Cl2N4O3. The quantitative estimate of drug-likeness (QED) is 0.481. The fourth-order valence-corrected chi connectivity index (χ4v) is 4.50. The summed E-state index contributed by atoms with van der Waals surface area (Å²) in [7, 11) is 0. The topological polar surface area (TPSA) is 101 Å². The second kappa shape index (κ2) is 10.4. The van der Waals surface area contributed by atoms with Crippen LogP contribution in [0.1, 0.15) is 30.7 Å². The van der Waals surface area contributed by atoms with E-state index in [1.165, 1.54) is 0 Å². The van der Waals surface area contributed by atoms with Crippen LogP contribution in [0.3, 0.4) is 0 Å². The lowest BCUT2D eigenvalue weighted by molar-refractivity contribution is -0.122. The van der Waals surface area contributed by atoms with Gasteiger partial charge >= 0.3 is 0 Å². The van der Waals surface area contributed by atoms with Gasteiger partial charge in [0.2, 0.25) is 11.8 Å². The molecule has 172 valence electrons. The van der Waals surface area contributed by atoms with Crippen molar-refractivity contribution < 1.29 is 14.0 Å². The van der Waals surface area contributed by atoms with Crippen molar-refractivity contribution in [2.75, 3.05) is 11.9 Å². The maximum Gasteiger partial charge on any atom is 0.234 e. The number of oxazole rings is 1. The number of nitrogens with one attached hydrogen (secondary N) is 1. The van der Waals surface area contributed by atoms with Crippen LogP contribution in [0.2, 0.25) is 10.0 Å². The standard InChI is InChI=1S/C24H24Cl2N4O3/c25-16-6-7-18(19(26)12-16)21-13-28-23(33-21)9-8-22(31)29-17-4-1-3-15(11-17)14-30-10-2-5-20(30)24(27)32/h1,3-4,6-7,11-13,20H,2,5,8-10,14H2,(H2,27,32)(H,29,31). The van der Waals surface area contributed by atoms with E-state index in [0.717, 1.165) is 24.9 Å². The predicted molar refractivity (Wildman–Crippen MR) is 128 cm³/mol. The number of benzene rings is 2. The van der Waals surface area contributed by atoms with Gasteiger partial charge in [0.05, 0.1) is 17.3 Å². The van der Waals surface area contributed by atoms with E-state index in [1.807, 2.05) is 24.3 Å². The van der Waals surface area contributed by atoms with E-state index in [4.69, 9.17) is 33.4 Å². The molecule has 2 aromatic carbocycles. The Morgan fingerprint density at radius 1 is 1.21 bits per heavy atom. The first kappa shape index (κ1) is 23.3. The highest BCUT2D eigenvalue weighted by Gasteiger charge is 2.28. The number of amides is 2. The maximum absolute atomic E-state index is 12.5. The molecule has 1 unspecified atom stereocenters. The molecule has 3 N–H and O–H groups in total. The number of nitrogens with two attached hydrogens (primary N) is 1. The monoisotopic (exact) mass is 486 g/mol. The second-order valence-electron chi connectivity index (χ2n) is 8.02. The van der Waals surface area contributed by atoms with Gasteiger partial charge in [0.1, 0.15) is 0 Å². The number of aryl methyl sites for hydroxylation is 1. The number of primary amides is 1. The predicted octanol–water partition coefficient (Wildman–Crippen LogP) is 4.67. The van der Waals surface area contributed by atoms with Gasteiger partial charge in [0.25, 0.3) is 0 Å². The molecule has 1 saturated heterocycles. The molecule has 1 fully saturated rings. The SMILES string of the molecule is NC(=O)C1CCCN1Cc1cccc(NC(=O)CCc2ncc(-c3ccc(Cl)cc3Cl)o2)c1. The van der Waals surface area contributed by atoms with E-state index in [1.54, 1.807) is 24.4 Å². The normalized spacial score (nSPS) is 16.1. The van der Waals surface area contributed by atoms with Crippen molar-refractivity contribution in [1.82, 2.24) is 9.88 Å². The lowest BCUT2D eigenvalue weighted by Crippen LogP contribution is -2.39. The number of carbonyl (C=O) groups is 2. The van der Waals surface area contributed by atoms with Gasteiger partial charge in [-0.3, -0.25) is 14.5 Å². The molecule has 1 aromatic heterocycles. The van der Waals surface area contributed by atoms with Crippen molar-refractivity contribution in [3.8, 4) is 11.3 Å². The number of hydrogen-bond acceptors (Lipinski definition) is 5. The third-order valence-electron chi connectivity index (χ3n) is 5.60. The average molecular weight is 487 g/mol. The Balaban J connectivity index is 1.32. The molecule has 0 aliphatic carbocycles. The Kier molecular flexibility index (Phi) is 7.33. The molecule has 0 spiro atoms. The van der Waals surface area contributed by atoms with Gasteiger partial charge in [-0.05, 0) is 55.3 Å². The number of aromatic nitrogens is 1. The molecular weight excluding hydrogens is 463 g/mol. The van der Waals surface area contributed by atoms with Gasteiger partial charge in [-0.25, -0.2) is 4.98 Å². The van der Waals surface area contributed by atoms with Gasteiger partial charge in [0.15, 0.2) is 11.7 Å². The first-order valence-corrected chi connectivity index (χ1v) is 11.5. The zero-order valence-corrected chi connectivity index (χ0v) is 19.4. The first-order chi connectivity index (χ1) is 15.9. The van der Waals surface area contributed by atoms with Gasteiger partial charge in [0, 0.05) is 35.7 Å². The third-order valence-corrected chi connectivity index (χ3v) is 6.15. The highest BCUT2D eigenvalue weighted by atomic mass is 35.5. The number of hydrogen-bond donors (Lipinski definition) is 2. The van der Waals surface area contributed by atoms with Crippen molar-refractivity contribution in [1.29, 1.82) is 0 Å². The van der Waals surface area contributed by atoms with E-state index in [-0.39, 0.29) is 24.3 Å². The summed E-state index contributed by atoms with van der Waals surface area (Å²) in [5.74, 6) is 0.542. The van der Waals surface area contributed by atoms with E-state index in [2.05, 4.69) is 15.2 Å². The zero-order valence-electron chi connectivity index (χ0n) is 17.9. The summed E-state index contributed by atoms with van der Waals surface area (Å²) in [6.07, 6.45) is 3.90. The van der Waals surface area contributed by atoms with Crippen molar-refractivity contribution in [2.24, 2.45) is 5.73 Å². The van der Waals surface area contributed by atoms with Crippen molar-refractivity contribution in [2.45, 2.75) is 38.3 Å². The lowest BCUT2D eigenvalue weighted by atomic mass is 10.1. The molecule has 0 saturated carbocycles. The van der Waals surface area contributed by atoms with Crippen molar-refractivity contribution >= 4 is 40.7 Å².